The van der Waals surface area contributed by atoms with E-state index in [1.54, 1.807) is 13.0 Å². The van der Waals surface area contributed by atoms with Gasteiger partial charge >= 0.3 is 6.18 Å². The summed E-state index contributed by atoms with van der Waals surface area (Å²) in [4.78, 5) is 40.7. The number of hydrogen-bond donors (Lipinski definition) is 0. The van der Waals surface area contributed by atoms with Crippen LogP contribution in [0.5, 0.6) is 0 Å². The fraction of sp³-hybridized carbons (Fsp3) is 0.400. The van der Waals surface area contributed by atoms with Crippen molar-refractivity contribution in [1.29, 1.82) is 0 Å². The van der Waals surface area contributed by atoms with Crippen molar-refractivity contribution in [3.05, 3.63) is 53.4 Å². The molecule has 2 heterocycles. The number of alkyl halides is 3. The summed E-state index contributed by atoms with van der Waals surface area (Å²) in [5.74, 6) is -1.30. The molecular weight excluding hydrogens is 403 g/mol. The number of amides is 3. The van der Waals surface area contributed by atoms with Crippen LogP contribution in [-0.4, -0.2) is 46.3 Å². The molecule has 160 valence electrons. The number of likely N-dealkylation sites (N-methyl/N-ethyl adjacent to an activating group) is 1. The summed E-state index contributed by atoms with van der Waals surface area (Å²) < 4.78 is 44.7. The highest BCUT2D eigenvalue weighted by atomic mass is 19.4. The molecule has 1 aliphatic heterocycles. The van der Waals surface area contributed by atoms with Crippen LogP contribution in [0.1, 0.15) is 36.7 Å². The Labute approximate surface area is 170 Å². The number of nitrogens with zero attached hydrogens (tertiary/aromatic N) is 3. The van der Waals surface area contributed by atoms with Gasteiger partial charge in [0.2, 0.25) is 17.7 Å². The molecule has 1 saturated heterocycles. The first-order chi connectivity index (χ1) is 14.1. The number of aromatic nitrogens is 1. The lowest BCUT2D eigenvalue weighted by atomic mass is 9.75. The number of hydrogen-bond acceptors (Lipinski definition) is 5. The van der Waals surface area contributed by atoms with E-state index in [1.165, 1.54) is 30.3 Å². The summed E-state index contributed by atoms with van der Waals surface area (Å²) in [5.41, 5.74) is -2.65. The van der Waals surface area contributed by atoms with E-state index in [-0.39, 0.29) is 25.1 Å². The van der Waals surface area contributed by atoms with Crippen LogP contribution in [0.15, 0.2) is 41.1 Å². The maximum atomic E-state index is 13.2. The monoisotopic (exact) mass is 423 g/mol. The van der Waals surface area contributed by atoms with E-state index in [9.17, 15) is 27.6 Å². The van der Waals surface area contributed by atoms with Gasteiger partial charge in [-0.25, -0.2) is 0 Å². The Morgan fingerprint density at radius 1 is 1.30 bits per heavy atom. The Bertz CT molecular complexity index is 958. The van der Waals surface area contributed by atoms with E-state index in [1.807, 2.05) is 0 Å². The molecule has 2 aromatic rings. The molecule has 7 nitrogen and oxygen atoms in total. The highest BCUT2D eigenvalue weighted by molar-refractivity contribution is 6.10. The zero-order chi connectivity index (χ0) is 22.1. The standard InChI is InChI=1S/C20H20F3N3O4/c1-3-26-17(28)11-19(18(26)29,13-5-4-6-14(9-13)20(21,22)23)10-16(27)25(2)12-15-7-8-24-30-15/h4-9H,3,10-12H2,1-2H3/t19-/m0/s1. The third kappa shape index (κ3) is 3.94. The van der Waals surface area contributed by atoms with Gasteiger partial charge in [-0.3, -0.25) is 19.3 Å². The number of halogens is 3. The Balaban J connectivity index is 1.98. The maximum absolute atomic E-state index is 13.2. The van der Waals surface area contributed by atoms with E-state index in [4.69, 9.17) is 4.52 Å². The molecular formula is C20H20F3N3O4. The van der Waals surface area contributed by atoms with Crippen molar-refractivity contribution in [2.45, 2.75) is 37.9 Å². The van der Waals surface area contributed by atoms with Gasteiger partial charge < -0.3 is 9.42 Å². The van der Waals surface area contributed by atoms with Gasteiger partial charge in [-0.2, -0.15) is 13.2 Å². The molecule has 1 atom stereocenters. The highest BCUT2D eigenvalue weighted by Gasteiger charge is 2.54. The van der Waals surface area contributed by atoms with Crippen LogP contribution in [-0.2, 0) is 32.5 Å². The molecule has 1 aromatic carbocycles. The van der Waals surface area contributed by atoms with Crippen LogP contribution < -0.4 is 0 Å². The van der Waals surface area contributed by atoms with Crippen molar-refractivity contribution >= 4 is 17.7 Å². The van der Waals surface area contributed by atoms with E-state index < -0.39 is 41.3 Å². The smallest absolute Gasteiger partial charge is 0.360 e. The zero-order valence-electron chi connectivity index (χ0n) is 16.4. The molecule has 0 aliphatic carbocycles. The molecule has 1 fully saturated rings. The van der Waals surface area contributed by atoms with Gasteiger partial charge in [-0.1, -0.05) is 23.4 Å². The lowest BCUT2D eigenvalue weighted by Gasteiger charge is -2.29. The molecule has 1 aliphatic rings. The number of benzene rings is 1. The first-order valence-corrected chi connectivity index (χ1v) is 9.24. The predicted octanol–water partition coefficient (Wildman–Crippen LogP) is 2.76. The Kier molecular flexibility index (Phi) is 5.69. The van der Waals surface area contributed by atoms with Crippen molar-refractivity contribution in [2.75, 3.05) is 13.6 Å². The van der Waals surface area contributed by atoms with Crippen LogP contribution in [0.25, 0.3) is 0 Å². The number of carbonyl (C=O) groups is 3. The Hall–Kier alpha value is -3.17. The molecule has 0 bridgehead atoms. The first-order valence-electron chi connectivity index (χ1n) is 9.24. The van der Waals surface area contributed by atoms with E-state index in [2.05, 4.69) is 5.16 Å². The largest absolute Gasteiger partial charge is 0.416 e. The van der Waals surface area contributed by atoms with Gasteiger partial charge in [0, 0.05) is 32.5 Å². The summed E-state index contributed by atoms with van der Waals surface area (Å²) >= 11 is 0. The van der Waals surface area contributed by atoms with Crippen LogP contribution in [0, 0.1) is 0 Å². The highest BCUT2D eigenvalue weighted by Crippen LogP contribution is 2.42. The normalized spacial score (nSPS) is 19.4. The summed E-state index contributed by atoms with van der Waals surface area (Å²) in [7, 11) is 1.48. The van der Waals surface area contributed by atoms with Crippen molar-refractivity contribution < 1.29 is 32.1 Å². The second-order valence-corrected chi connectivity index (χ2v) is 7.19. The molecule has 0 N–H and O–H groups in total. The maximum Gasteiger partial charge on any atom is 0.416 e. The minimum atomic E-state index is -4.62. The molecule has 3 amide bonds. The third-order valence-corrected chi connectivity index (χ3v) is 5.23. The van der Waals surface area contributed by atoms with Crippen LogP contribution in [0.4, 0.5) is 13.2 Å². The minimum Gasteiger partial charge on any atom is -0.360 e. The zero-order valence-corrected chi connectivity index (χ0v) is 16.4. The first kappa shape index (κ1) is 21.5. The number of imide groups is 1. The molecule has 1 aromatic heterocycles. The summed E-state index contributed by atoms with van der Waals surface area (Å²) in [6, 6.07) is 5.82. The SMILES string of the molecule is CCN1C(=O)C[C@@](CC(=O)N(C)Cc2ccno2)(c2cccc(C(F)(F)F)c2)C1=O. The second-order valence-electron chi connectivity index (χ2n) is 7.19. The van der Waals surface area contributed by atoms with Crippen molar-refractivity contribution in [2.24, 2.45) is 0 Å². The average Bonchev–Trinajstić information content (AvgIpc) is 3.28. The molecule has 0 radical (unpaired) electrons. The minimum absolute atomic E-state index is 0.00644. The number of rotatable bonds is 6. The summed E-state index contributed by atoms with van der Waals surface area (Å²) in [6.45, 7) is 1.73. The van der Waals surface area contributed by atoms with Crippen molar-refractivity contribution in [3.63, 3.8) is 0 Å². The van der Waals surface area contributed by atoms with Gasteiger partial charge in [-0.05, 0) is 18.6 Å². The second kappa shape index (κ2) is 7.92. The summed E-state index contributed by atoms with van der Waals surface area (Å²) in [6.07, 6.45) is -4.03. The molecule has 3 rings (SSSR count). The fourth-order valence-electron chi connectivity index (χ4n) is 3.62. The third-order valence-electron chi connectivity index (χ3n) is 5.23. The average molecular weight is 423 g/mol. The molecule has 30 heavy (non-hydrogen) atoms. The summed E-state index contributed by atoms with van der Waals surface area (Å²) in [5, 5.41) is 3.55. The van der Waals surface area contributed by atoms with E-state index in [0.29, 0.717) is 5.76 Å². The van der Waals surface area contributed by atoms with Gasteiger partial charge in [0.25, 0.3) is 0 Å². The predicted molar refractivity (Wildman–Crippen MR) is 97.7 cm³/mol. The Morgan fingerprint density at radius 3 is 2.60 bits per heavy atom. The van der Waals surface area contributed by atoms with Crippen molar-refractivity contribution in [1.82, 2.24) is 15.0 Å². The number of carbonyl (C=O) groups excluding carboxylic acids is 3. The van der Waals surface area contributed by atoms with Gasteiger partial charge in [-0.15, -0.1) is 0 Å². The molecule has 0 spiro atoms. The number of likely N-dealkylation sites (tertiary alicyclic amines) is 1. The van der Waals surface area contributed by atoms with Crippen LogP contribution in [0.3, 0.4) is 0 Å². The fourth-order valence-corrected chi connectivity index (χ4v) is 3.62. The molecule has 0 unspecified atom stereocenters. The lowest BCUT2D eigenvalue weighted by Crippen LogP contribution is -2.42. The van der Waals surface area contributed by atoms with Gasteiger partial charge in [0.1, 0.15) is 0 Å². The van der Waals surface area contributed by atoms with Gasteiger partial charge in [0.15, 0.2) is 5.76 Å². The van der Waals surface area contributed by atoms with Crippen LogP contribution >= 0.6 is 0 Å². The quantitative estimate of drug-likeness (QED) is 0.668. The van der Waals surface area contributed by atoms with Gasteiger partial charge in [0.05, 0.1) is 23.7 Å². The Morgan fingerprint density at radius 2 is 2.03 bits per heavy atom. The van der Waals surface area contributed by atoms with E-state index in [0.717, 1.165) is 17.0 Å². The van der Waals surface area contributed by atoms with Crippen molar-refractivity contribution in [3.8, 4) is 0 Å². The van der Waals surface area contributed by atoms with Crippen LogP contribution in [0.2, 0.25) is 0 Å². The molecule has 10 heteroatoms. The molecule has 0 saturated carbocycles. The lowest BCUT2D eigenvalue weighted by molar-refractivity contribution is -0.142. The topological polar surface area (TPSA) is 83.7 Å². The van der Waals surface area contributed by atoms with E-state index >= 15 is 0 Å².